The standard InChI is InChI=1S/C34H39FN2O8S/c1-6-43-19-24(38)27-22(15-12-20-10-13-21(35)14-11-20)36-30(23-9-8-18-37(23)33(42)45-34(3,4)5)29(32(41)44-7-2)28(27)25-16-17-26(46-25)31(39)40/h10-11,13-14,16-17,23H,6-9,12,15,18-19H2,1-5H3,(H,39,40)/t23-/m0/s1. The van der Waals surface area contributed by atoms with Crippen molar-refractivity contribution < 1.29 is 42.9 Å². The minimum atomic E-state index is -1.16. The van der Waals surface area contributed by atoms with Gasteiger partial charge in [-0.15, -0.1) is 11.3 Å². The summed E-state index contributed by atoms with van der Waals surface area (Å²) in [5.41, 5.74) is 0.902. The lowest BCUT2D eigenvalue weighted by Crippen LogP contribution is -2.37. The number of carboxylic acids is 1. The number of ketones is 1. The number of likely N-dealkylation sites (tertiary alicyclic amines) is 1. The molecule has 12 heteroatoms. The number of hydrogen-bond donors (Lipinski definition) is 1. The SMILES string of the molecule is CCOCC(=O)c1c(CCc2ccc(F)cc2)nc([C@@H]2CCCN2C(=O)OC(C)(C)C)c(C(=O)OCC)c1-c1ccc(C(=O)O)s1. The molecule has 0 radical (unpaired) electrons. The van der Waals surface area contributed by atoms with Gasteiger partial charge in [0, 0.05) is 23.6 Å². The molecule has 1 N–H and O–H groups in total. The van der Waals surface area contributed by atoms with E-state index in [2.05, 4.69) is 0 Å². The van der Waals surface area contributed by atoms with Crippen molar-refractivity contribution in [3.05, 3.63) is 75.2 Å². The molecule has 1 aliphatic heterocycles. The fraction of sp³-hybridized carbons (Fsp3) is 0.441. The maximum absolute atomic E-state index is 13.9. The Kier molecular flexibility index (Phi) is 11.3. The van der Waals surface area contributed by atoms with Crippen LogP contribution in [0.15, 0.2) is 36.4 Å². The van der Waals surface area contributed by atoms with Crippen LogP contribution < -0.4 is 0 Å². The van der Waals surface area contributed by atoms with Gasteiger partial charge in [-0.05, 0) is 90.1 Å². The fourth-order valence-corrected chi connectivity index (χ4v) is 6.29. The number of amides is 1. The first-order chi connectivity index (χ1) is 21.8. The number of benzene rings is 1. The van der Waals surface area contributed by atoms with E-state index in [1.54, 1.807) is 52.8 Å². The second kappa shape index (κ2) is 15.0. The van der Waals surface area contributed by atoms with Crippen LogP contribution in [-0.2, 0) is 27.1 Å². The third-order valence-electron chi connectivity index (χ3n) is 7.32. The average molecular weight is 655 g/mol. The van der Waals surface area contributed by atoms with Crippen LogP contribution in [0, 0.1) is 5.82 Å². The largest absolute Gasteiger partial charge is 0.477 e. The molecule has 1 fully saturated rings. The predicted octanol–water partition coefficient (Wildman–Crippen LogP) is 6.90. The molecule has 1 amide bonds. The van der Waals surface area contributed by atoms with Gasteiger partial charge in [0.15, 0.2) is 5.78 Å². The molecular weight excluding hydrogens is 615 g/mol. The molecule has 1 saturated heterocycles. The number of carbonyl (C=O) groups is 4. The molecule has 0 bridgehead atoms. The maximum atomic E-state index is 13.9. The van der Waals surface area contributed by atoms with E-state index < -0.39 is 35.5 Å². The highest BCUT2D eigenvalue weighted by molar-refractivity contribution is 7.17. The number of ether oxygens (including phenoxy) is 3. The normalized spacial score (nSPS) is 14.7. The fourth-order valence-electron chi connectivity index (χ4n) is 5.39. The van der Waals surface area contributed by atoms with Gasteiger partial charge in [0.25, 0.3) is 0 Å². The Morgan fingerprint density at radius 3 is 2.35 bits per heavy atom. The van der Waals surface area contributed by atoms with Crippen molar-refractivity contribution in [2.75, 3.05) is 26.4 Å². The van der Waals surface area contributed by atoms with Gasteiger partial charge >= 0.3 is 18.0 Å². The summed E-state index contributed by atoms with van der Waals surface area (Å²) in [6.07, 6.45) is 1.11. The van der Waals surface area contributed by atoms with Crippen LogP contribution in [0.25, 0.3) is 10.4 Å². The molecule has 4 rings (SSSR count). The number of aromatic carboxylic acids is 1. The second-order valence-corrected chi connectivity index (χ2v) is 12.9. The quantitative estimate of drug-likeness (QED) is 0.164. The van der Waals surface area contributed by atoms with E-state index in [1.165, 1.54) is 23.1 Å². The van der Waals surface area contributed by atoms with Crippen LogP contribution in [0.4, 0.5) is 9.18 Å². The Morgan fingerprint density at radius 1 is 1.02 bits per heavy atom. The van der Waals surface area contributed by atoms with Gasteiger partial charge in [-0.25, -0.2) is 18.8 Å². The third-order valence-corrected chi connectivity index (χ3v) is 8.41. The van der Waals surface area contributed by atoms with Gasteiger partial charge in [0.2, 0.25) is 0 Å². The molecule has 0 aliphatic carbocycles. The van der Waals surface area contributed by atoms with Crippen molar-refractivity contribution in [2.24, 2.45) is 0 Å². The number of halogens is 1. The first-order valence-corrected chi connectivity index (χ1v) is 16.1. The lowest BCUT2D eigenvalue weighted by molar-refractivity contribution is 0.0216. The van der Waals surface area contributed by atoms with Crippen LogP contribution in [0.2, 0.25) is 0 Å². The number of carbonyl (C=O) groups excluding carboxylic acids is 3. The number of Topliss-reactive ketones (excluding diaryl/α,β-unsaturated/α-hetero) is 1. The summed E-state index contributed by atoms with van der Waals surface area (Å²) in [4.78, 5) is 60.0. The number of nitrogens with zero attached hydrogens (tertiary/aromatic N) is 2. The predicted molar refractivity (Wildman–Crippen MR) is 170 cm³/mol. The summed E-state index contributed by atoms with van der Waals surface area (Å²) in [5.74, 6) is -2.74. The van der Waals surface area contributed by atoms with Crippen molar-refractivity contribution in [3.8, 4) is 10.4 Å². The second-order valence-electron chi connectivity index (χ2n) is 11.8. The molecule has 1 atom stereocenters. The van der Waals surface area contributed by atoms with Crippen molar-refractivity contribution in [2.45, 2.75) is 71.9 Å². The van der Waals surface area contributed by atoms with Crippen LogP contribution >= 0.6 is 11.3 Å². The molecule has 2 aromatic heterocycles. The van der Waals surface area contributed by atoms with Crippen LogP contribution in [0.5, 0.6) is 0 Å². The van der Waals surface area contributed by atoms with Gasteiger partial charge in [0.05, 0.1) is 35.2 Å². The van der Waals surface area contributed by atoms with E-state index in [0.29, 0.717) is 36.4 Å². The van der Waals surface area contributed by atoms with E-state index in [0.717, 1.165) is 16.9 Å². The summed E-state index contributed by atoms with van der Waals surface area (Å²) < 4.78 is 30.4. The summed E-state index contributed by atoms with van der Waals surface area (Å²) in [5, 5.41) is 9.74. The van der Waals surface area contributed by atoms with Crippen LogP contribution in [0.1, 0.15) is 101 Å². The Bertz CT molecular complexity index is 1600. The zero-order valence-corrected chi connectivity index (χ0v) is 27.5. The molecule has 3 heterocycles. The van der Waals surface area contributed by atoms with Gasteiger partial charge in [-0.2, -0.15) is 0 Å². The molecule has 246 valence electrons. The Hall–Kier alpha value is -4.16. The highest BCUT2D eigenvalue weighted by Crippen LogP contribution is 2.42. The monoisotopic (exact) mass is 654 g/mol. The molecular formula is C34H39FN2O8S. The molecule has 46 heavy (non-hydrogen) atoms. The van der Waals surface area contributed by atoms with Gasteiger partial charge in [0.1, 0.15) is 22.9 Å². The summed E-state index contributed by atoms with van der Waals surface area (Å²) in [7, 11) is 0. The topological polar surface area (TPSA) is 132 Å². The minimum absolute atomic E-state index is 0.00789. The molecule has 0 saturated carbocycles. The van der Waals surface area contributed by atoms with Crippen molar-refractivity contribution in [1.29, 1.82) is 0 Å². The van der Waals surface area contributed by atoms with E-state index >= 15 is 0 Å². The lowest BCUT2D eigenvalue weighted by Gasteiger charge is -2.30. The molecule has 0 spiro atoms. The molecule has 10 nitrogen and oxygen atoms in total. The lowest BCUT2D eigenvalue weighted by atomic mass is 9.89. The van der Waals surface area contributed by atoms with Gasteiger partial charge < -0.3 is 19.3 Å². The summed E-state index contributed by atoms with van der Waals surface area (Å²) >= 11 is 0.915. The number of esters is 1. The number of aryl methyl sites for hydroxylation is 2. The molecule has 1 aliphatic rings. The van der Waals surface area contributed by atoms with Crippen molar-refractivity contribution in [3.63, 3.8) is 0 Å². The highest BCUT2D eigenvalue weighted by Gasteiger charge is 2.40. The highest BCUT2D eigenvalue weighted by atomic mass is 32.1. The molecule has 1 aromatic carbocycles. The molecule has 0 unspecified atom stereocenters. The van der Waals surface area contributed by atoms with E-state index in [9.17, 15) is 28.7 Å². The first kappa shape index (κ1) is 34.7. The molecule has 3 aromatic rings. The Morgan fingerprint density at radius 2 is 1.74 bits per heavy atom. The van der Waals surface area contributed by atoms with Gasteiger partial charge in [-0.3, -0.25) is 14.7 Å². The number of hydrogen-bond acceptors (Lipinski definition) is 9. The smallest absolute Gasteiger partial charge is 0.410 e. The Labute approximate surface area is 271 Å². The number of thiophene rings is 1. The number of aromatic nitrogens is 1. The van der Waals surface area contributed by atoms with Gasteiger partial charge in [-0.1, -0.05) is 12.1 Å². The van der Waals surface area contributed by atoms with E-state index in [4.69, 9.17) is 19.2 Å². The number of carboxylic acid groups (broad SMARTS) is 1. The van der Waals surface area contributed by atoms with Crippen molar-refractivity contribution in [1.82, 2.24) is 9.88 Å². The minimum Gasteiger partial charge on any atom is -0.477 e. The van der Waals surface area contributed by atoms with Crippen molar-refractivity contribution >= 4 is 35.2 Å². The van der Waals surface area contributed by atoms with Crippen LogP contribution in [0.3, 0.4) is 0 Å². The first-order valence-electron chi connectivity index (χ1n) is 15.3. The summed E-state index contributed by atoms with van der Waals surface area (Å²) in [6.45, 7) is 9.03. The van der Waals surface area contributed by atoms with E-state index in [1.807, 2.05) is 0 Å². The number of pyridine rings is 1. The average Bonchev–Trinajstić information content (AvgIpc) is 3.69. The zero-order valence-electron chi connectivity index (χ0n) is 26.7. The third kappa shape index (κ3) is 8.16. The zero-order chi connectivity index (χ0) is 33.6. The number of rotatable bonds is 12. The Balaban J connectivity index is 2.02. The van der Waals surface area contributed by atoms with E-state index in [-0.39, 0.29) is 59.3 Å². The van der Waals surface area contributed by atoms with Crippen LogP contribution in [-0.4, -0.2) is 70.8 Å². The maximum Gasteiger partial charge on any atom is 0.410 e. The summed E-state index contributed by atoms with van der Waals surface area (Å²) in [6, 6.07) is 8.26.